The van der Waals surface area contributed by atoms with Crippen molar-refractivity contribution in [1.82, 2.24) is 4.98 Å². The van der Waals surface area contributed by atoms with Crippen molar-refractivity contribution in [3.05, 3.63) is 69.8 Å². The predicted octanol–water partition coefficient (Wildman–Crippen LogP) is 4.54. The number of aryl methyl sites for hydroxylation is 1. The summed E-state index contributed by atoms with van der Waals surface area (Å²) in [6.07, 6.45) is 1.66. The van der Waals surface area contributed by atoms with Crippen molar-refractivity contribution in [3.8, 4) is 11.1 Å². The van der Waals surface area contributed by atoms with Crippen LogP contribution in [0.1, 0.15) is 29.9 Å². The second-order valence-corrected chi connectivity index (χ2v) is 6.69. The molecule has 0 radical (unpaired) electrons. The fourth-order valence-corrected chi connectivity index (χ4v) is 3.73. The third kappa shape index (κ3) is 2.98. The van der Waals surface area contributed by atoms with Gasteiger partial charge in [0.05, 0.1) is 0 Å². The first kappa shape index (κ1) is 16.0. The maximum absolute atomic E-state index is 13.4. The maximum atomic E-state index is 13.4. The Labute approximate surface area is 145 Å². The second-order valence-electron chi connectivity index (χ2n) is 6.69. The van der Waals surface area contributed by atoms with Crippen LogP contribution in [0.4, 0.5) is 4.39 Å². The van der Waals surface area contributed by atoms with Crippen molar-refractivity contribution in [2.75, 3.05) is 13.2 Å². The minimum absolute atomic E-state index is 0.0516. The van der Waals surface area contributed by atoms with Gasteiger partial charge in [-0.05, 0) is 60.6 Å². The lowest BCUT2D eigenvalue weighted by atomic mass is 9.85. The van der Waals surface area contributed by atoms with Crippen molar-refractivity contribution in [2.45, 2.75) is 25.7 Å². The first-order valence-corrected chi connectivity index (χ1v) is 8.64. The van der Waals surface area contributed by atoms with Gasteiger partial charge in [-0.1, -0.05) is 24.3 Å². The van der Waals surface area contributed by atoms with E-state index < -0.39 is 0 Å². The SMILES string of the molecule is Cc1ccc2c(-c3ccc(F)cc3)c(C3CCOCC3)c(=O)[nH]c2c1. The van der Waals surface area contributed by atoms with E-state index in [1.54, 1.807) is 12.1 Å². The second kappa shape index (κ2) is 6.45. The third-order valence-electron chi connectivity index (χ3n) is 4.97. The fraction of sp³-hybridized carbons (Fsp3) is 0.286. The summed E-state index contributed by atoms with van der Waals surface area (Å²) in [6, 6.07) is 12.5. The number of hydrogen-bond acceptors (Lipinski definition) is 2. The molecule has 1 saturated heterocycles. The molecule has 2 heterocycles. The molecule has 1 aliphatic rings. The van der Waals surface area contributed by atoms with Crippen molar-refractivity contribution in [2.24, 2.45) is 0 Å². The van der Waals surface area contributed by atoms with Crippen molar-refractivity contribution in [1.29, 1.82) is 0 Å². The summed E-state index contributed by atoms with van der Waals surface area (Å²) in [5.74, 6) is -0.121. The average Bonchev–Trinajstić information content (AvgIpc) is 2.62. The molecule has 0 aliphatic carbocycles. The Balaban J connectivity index is 2.03. The highest BCUT2D eigenvalue weighted by Crippen LogP contribution is 2.37. The molecular weight excluding hydrogens is 317 g/mol. The molecule has 4 heteroatoms. The zero-order valence-electron chi connectivity index (χ0n) is 14.1. The summed E-state index contributed by atoms with van der Waals surface area (Å²) in [7, 11) is 0. The third-order valence-corrected chi connectivity index (χ3v) is 4.97. The number of aromatic amines is 1. The summed E-state index contributed by atoms with van der Waals surface area (Å²) >= 11 is 0. The quantitative estimate of drug-likeness (QED) is 0.746. The predicted molar refractivity (Wildman–Crippen MR) is 97.5 cm³/mol. The average molecular weight is 337 g/mol. The molecule has 0 spiro atoms. The Morgan fingerprint density at radius 1 is 1.08 bits per heavy atom. The van der Waals surface area contributed by atoms with Crippen LogP contribution in [0, 0.1) is 12.7 Å². The fourth-order valence-electron chi connectivity index (χ4n) is 3.73. The van der Waals surface area contributed by atoms with Gasteiger partial charge in [-0.2, -0.15) is 0 Å². The lowest BCUT2D eigenvalue weighted by Crippen LogP contribution is -2.23. The number of benzene rings is 2. The van der Waals surface area contributed by atoms with E-state index in [0.29, 0.717) is 13.2 Å². The number of halogens is 1. The van der Waals surface area contributed by atoms with Crippen molar-refractivity contribution in [3.63, 3.8) is 0 Å². The normalized spacial score (nSPS) is 15.6. The summed E-state index contributed by atoms with van der Waals surface area (Å²) in [4.78, 5) is 16.0. The van der Waals surface area contributed by atoms with Gasteiger partial charge in [-0.15, -0.1) is 0 Å². The highest BCUT2D eigenvalue weighted by Gasteiger charge is 2.24. The van der Waals surface area contributed by atoms with Gasteiger partial charge in [0.15, 0.2) is 0 Å². The van der Waals surface area contributed by atoms with E-state index in [2.05, 4.69) is 4.98 Å². The van der Waals surface area contributed by atoms with Crippen LogP contribution < -0.4 is 5.56 Å². The number of ether oxygens (including phenoxy) is 1. The minimum Gasteiger partial charge on any atom is -0.381 e. The number of aromatic nitrogens is 1. The van der Waals surface area contributed by atoms with Gasteiger partial charge in [0.1, 0.15) is 5.82 Å². The Hall–Kier alpha value is -2.46. The Morgan fingerprint density at radius 2 is 1.80 bits per heavy atom. The van der Waals surface area contributed by atoms with Crippen LogP contribution in [0.2, 0.25) is 0 Å². The van der Waals surface area contributed by atoms with Crippen molar-refractivity contribution >= 4 is 10.9 Å². The van der Waals surface area contributed by atoms with E-state index in [9.17, 15) is 9.18 Å². The van der Waals surface area contributed by atoms with E-state index in [0.717, 1.165) is 46.0 Å². The van der Waals surface area contributed by atoms with Gasteiger partial charge in [-0.25, -0.2) is 4.39 Å². The monoisotopic (exact) mass is 337 g/mol. The largest absolute Gasteiger partial charge is 0.381 e. The topological polar surface area (TPSA) is 42.1 Å². The molecule has 1 aromatic heterocycles. The smallest absolute Gasteiger partial charge is 0.252 e. The lowest BCUT2D eigenvalue weighted by molar-refractivity contribution is 0.0852. The minimum atomic E-state index is -0.277. The maximum Gasteiger partial charge on any atom is 0.252 e. The first-order chi connectivity index (χ1) is 12.1. The lowest BCUT2D eigenvalue weighted by Gasteiger charge is -2.25. The van der Waals surface area contributed by atoms with Gasteiger partial charge in [0.25, 0.3) is 5.56 Å². The van der Waals surface area contributed by atoms with E-state index >= 15 is 0 Å². The molecule has 4 rings (SSSR count). The number of H-pyrrole nitrogens is 1. The molecule has 128 valence electrons. The number of hydrogen-bond donors (Lipinski definition) is 1. The molecule has 0 saturated carbocycles. The summed E-state index contributed by atoms with van der Waals surface area (Å²) in [5.41, 5.74) is 4.45. The number of pyridine rings is 1. The number of fused-ring (bicyclic) bond motifs is 1. The highest BCUT2D eigenvalue weighted by molar-refractivity contribution is 5.96. The Kier molecular flexibility index (Phi) is 4.14. The zero-order chi connectivity index (χ0) is 17.4. The van der Waals surface area contributed by atoms with E-state index in [-0.39, 0.29) is 17.3 Å². The van der Waals surface area contributed by atoms with Crippen LogP contribution in [0.3, 0.4) is 0 Å². The molecule has 1 aliphatic heterocycles. The van der Waals surface area contributed by atoms with Crippen LogP contribution in [-0.4, -0.2) is 18.2 Å². The number of rotatable bonds is 2. The van der Waals surface area contributed by atoms with Crippen LogP contribution in [0.25, 0.3) is 22.0 Å². The standard InChI is InChI=1S/C21H20FNO2/c1-13-2-7-17-18(12-13)23-21(24)20(15-8-10-25-11-9-15)19(17)14-3-5-16(22)6-4-14/h2-7,12,15H,8-11H2,1H3,(H,23,24). The van der Waals surface area contributed by atoms with Gasteiger partial charge in [0, 0.05) is 29.7 Å². The summed E-state index contributed by atoms with van der Waals surface area (Å²) in [6.45, 7) is 3.33. The zero-order valence-corrected chi connectivity index (χ0v) is 14.1. The van der Waals surface area contributed by atoms with Crippen molar-refractivity contribution < 1.29 is 9.13 Å². The van der Waals surface area contributed by atoms with Gasteiger partial charge >= 0.3 is 0 Å². The first-order valence-electron chi connectivity index (χ1n) is 8.64. The Bertz CT molecular complexity index is 970. The van der Waals surface area contributed by atoms with Gasteiger partial charge in [0.2, 0.25) is 0 Å². The summed E-state index contributed by atoms with van der Waals surface area (Å²) in [5, 5.41) is 0.998. The van der Waals surface area contributed by atoms with Gasteiger partial charge < -0.3 is 9.72 Å². The van der Waals surface area contributed by atoms with Crippen LogP contribution in [0.15, 0.2) is 47.3 Å². The molecular formula is C21H20FNO2. The highest BCUT2D eigenvalue weighted by atomic mass is 19.1. The van der Waals surface area contributed by atoms with Crippen LogP contribution in [0.5, 0.6) is 0 Å². The van der Waals surface area contributed by atoms with E-state index in [1.165, 1.54) is 12.1 Å². The molecule has 2 aromatic carbocycles. The van der Waals surface area contributed by atoms with Crippen LogP contribution >= 0.6 is 0 Å². The molecule has 3 aromatic rings. The Morgan fingerprint density at radius 3 is 2.52 bits per heavy atom. The molecule has 1 fully saturated rings. The van der Waals surface area contributed by atoms with E-state index in [1.807, 2.05) is 25.1 Å². The molecule has 0 bridgehead atoms. The molecule has 25 heavy (non-hydrogen) atoms. The van der Waals surface area contributed by atoms with Gasteiger partial charge in [-0.3, -0.25) is 4.79 Å². The van der Waals surface area contributed by atoms with Crippen LogP contribution in [-0.2, 0) is 4.74 Å². The molecule has 1 N–H and O–H groups in total. The van der Waals surface area contributed by atoms with E-state index in [4.69, 9.17) is 4.74 Å². The number of nitrogens with one attached hydrogen (secondary N) is 1. The molecule has 3 nitrogen and oxygen atoms in total. The molecule has 0 amide bonds. The molecule has 0 atom stereocenters. The molecule has 0 unspecified atom stereocenters. The summed E-state index contributed by atoms with van der Waals surface area (Å²) < 4.78 is 18.9.